The predicted molar refractivity (Wildman–Crippen MR) is 99.4 cm³/mol. The normalized spacial score (nSPS) is 10.6. The summed E-state index contributed by atoms with van der Waals surface area (Å²) in [6.45, 7) is 1.48. The van der Waals surface area contributed by atoms with Crippen molar-refractivity contribution in [2.45, 2.75) is 26.4 Å². The van der Waals surface area contributed by atoms with Crippen LogP contribution in [-0.4, -0.2) is 34.6 Å². The second-order valence-corrected chi connectivity index (χ2v) is 6.46. The second-order valence-electron chi connectivity index (χ2n) is 5.69. The number of carbonyl (C=O) groups is 2. The number of aliphatic hydroxyl groups excluding tert-OH is 1. The van der Waals surface area contributed by atoms with Crippen molar-refractivity contribution in [3.05, 3.63) is 40.5 Å². The standard InChI is InChI=1S/C17H20F2N4O4S/c1-2-9-6-12(19)10(7-11(9)18)8-27-15-13(14(20)25)16(28-23-15)22-17(26)21-4-3-5-24/h6-7,24H,2-5,8H2,1H3,(H2,20,25)(H2,21,22,26). The molecule has 0 aliphatic rings. The zero-order chi connectivity index (χ0) is 20.7. The first kappa shape index (κ1) is 21.5. The Bertz CT molecular complexity index is 860. The summed E-state index contributed by atoms with van der Waals surface area (Å²) >= 11 is 0.756. The summed E-state index contributed by atoms with van der Waals surface area (Å²) in [5, 5.41) is 13.6. The van der Waals surface area contributed by atoms with Gasteiger partial charge in [-0.3, -0.25) is 10.1 Å². The summed E-state index contributed by atoms with van der Waals surface area (Å²) in [6, 6.07) is 1.50. The van der Waals surface area contributed by atoms with Crippen molar-refractivity contribution >= 4 is 28.5 Å². The smallest absolute Gasteiger partial charge is 0.319 e. The Kier molecular flexibility index (Phi) is 7.64. The number of aryl methyl sites for hydroxylation is 1. The number of anilines is 1. The molecule has 0 aliphatic heterocycles. The molecule has 0 fully saturated rings. The minimum absolute atomic E-state index is 0.0469. The van der Waals surface area contributed by atoms with Crippen LogP contribution in [-0.2, 0) is 13.0 Å². The van der Waals surface area contributed by atoms with Gasteiger partial charge in [0, 0.05) is 18.7 Å². The van der Waals surface area contributed by atoms with Crippen LogP contribution < -0.4 is 21.1 Å². The number of aromatic nitrogens is 1. The van der Waals surface area contributed by atoms with Gasteiger partial charge in [-0.15, -0.1) is 0 Å². The van der Waals surface area contributed by atoms with Crippen LogP contribution >= 0.6 is 11.5 Å². The molecule has 3 amide bonds. The highest BCUT2D eigenvalue weighted by Crippen LogP contribution is 2.31. The first-order valence-corrected chi connectivity index (χ1v) is 9.19. The number of carbonyl (C=O) groups excluding carboxylic acids is 2. The van der Waals surface area contributed by atoms with Crippen molar-refractivity contribution in [3.63, 3.8) is 0 Å². The van der Waals surface area contributed by atoms with Gasteiger partial charge in [-0.1, -0.05) is 6.92 Å². The van der Waals surface area contributed by atoms with Crippen LogP contribution in [0.5, 0.6) is 5.88 Å². The number of halogens is 2. The third-order valence-corrected chi connectivity index (χ3v) is 4.46. The molecule has 152 valence electrons. The Morgan fingerprint density at radius 1 is 1.29 bits per heavy atom. The minimum Gasteiger partial charge on any atom is -0.471 e. The average molecular weight is 414 g/mol. The van der Waals surface area contributed by atoms with Gasteiger partial charge in [0.25, 0.3) is 5.91 Å². The third kappa shape index (κ3) is 5.36. The van der Waals surface area contributed by atoms with Gasteiger partial charge < -0.3 is 20.9 Å². The fourth-order valence-electron chi connectivity index (χ4n) is 2.26. The lowest BCUT2D eigenvalue weighted by atomic mass is 10.1. The Labute approximate surface area is 163 Å². The number of nitrogens with two attached hydrogens (primary N) is 1. The lowest BCUT2D eigenvalue weighted by Gasteiger charge is -2.09. The van der Waals surface area contributed by atoms with Gasteiger partial charge in [0.15, 0.2) is 0 Å². The number of aliphatic hydroxyl groups is 1. The van der Waals surface area contributed by atoms with Crippen molar-refractivity contribution < 1.29 is 28.2 Å². The maximum Gasteiger partial charge on any atom is 0.319 e. The lowest BCUT2D eigenvalue weighted by Crippen LogP contribution is -2.30. The van der Waals surface area contributed by atoms with Crippen LogP contribution in [0.4, 0.5) is 18.6 Å². The minimum atomic E-state index is -0.901. The van der Waals surface area contributed by atoms with E-state index in [1.54, 1.807) is 6.92 Å². The zero-order valence-electron chi connectivity index (χ0n) is 15.1. The van der Waals surface area contributed by atoms with Gasteiger partial charge >= 0.3 is 6.03 Å². The first-order chi connectivity index (χ1) is 13.4. The molecule has 0 unspecified atom stereocenters. The number of urea groups is 1. The number of hydrogen-bond donors (Lipinski definition) is 4. The molecule has 1 aromatic carbocycles. The number of nitrogens with one attached hydrogen (secondary N) is 2. The summed E-state index contributed by atoms with van der Waals surface area (Å²) < 4.78 is 37.2. The van der Waals surface area contributed by atoms with E-state index in [2.05, 4.69) is 15.0 Å². The van der Waals surface area contributed by atoms with Gasteiger partial charge in [-0.2, -0.15) is 4.37 Å². The van der Waals surface area contributed by atoms with Crippen molar-refractivity contribution in [1.29, 1.82) is 0 Å². The topological polar surface area (TPSA) is 127 Å². The van der Waals surface area contributed by atoms with Crippen LogP contribution in [0.3, 0.4) is 0 Å². The van der Waals surface area contributed by atoms with E-state index in [1.165, 1.54) is 0 Å². The maximum atomic E-state index is 14.1. The van der Waals surface area contributed by atoms with E-state index in [0.717, 1.165) is 23.7 Å². The molecule has 0 bridgehead atoms. The van der Waals surface area contributed by atoms with E-state index in [4.69, 9.17) is 15.6 Å². The van der Waals surface area contributed by atoms with E-state index in [-0.39, 0.29) is 47.3 Å². The third-order valence-electron chi connectivity index (χ3n) is 3.72. The number of rotatable bonds is 9. The number of hydrogen-bond acceptors (Lipinski definition) is 6. The van der Waals surface area contributed by atoms with Crippen molar-refractivity contribution in [3.8, 4) is 5.88 Å². The molecule has 0 spiro atoms. The van der Waals surface area contributed by atoms with E-state index >= 15 is 0 Å². The Balaban J connectivity index is 2.12. The molecule has 1 aromatic heterocycles. The van der Waals surface area contributed by atoms with Gasteiger partial charge in [0.05, 0.1) is 0 Å². The largest absolute Gasteiger partial charge is 0.471 e. The van der Waals surface area contributed by atoms with Gasteiger partial charge in [0.2, 0.25) is 5.88 Å². The molecule has 0 saturated carbocycles. The highest BCUT2D eigenvalue weighted by Gasteiger charge is 2.22. The van der Waals surface area contributed by atoms with Crippen LogP contribution in [0, 0.1) is 11.6 Å². The monoisotopic (exact) mass is 414 g/mol. The van der Waals surface area contributed by atoms with Crippen LogP contribution in [0.2, 0.25) is 0 Å². The molecule has 2 rings (SSSR count). The fraction of sp³-hybridized carbons (Fsp3) is 0.353. The summed E-state index contributed by atoms with van der Waals surface area (Å²) in [6.07, 6.45) is 0.712. The summed E-state index contributed by atoms with van der Waals surface area (Å²) in [5.74, 6) is -2.29. The number of nitrogens with zero attached hydrogens (tertiary/aromatic N) is 1. The molecule has 1 heterocycles. The highest BCUT2D eigenvalue weighted by molar-refractivity contribution is 7.11. The quantitative estimate of drug-likeness (QED) is 0.468. The lowest BCUT2D eigenvalue weighted by molar-refractivity contribution is 0.0996. The van der Waals surface area contributed by atoms with Gasteiger partial charge in [-0.05, 0) is 42.1 Å². The summed E-state index contributed by atoms with van der Waals surface area (Å²) in [4.78, 5) is 23.5. The number of primary amides is 1. The molecular weight excluding hydrogens is 394 g/mol. The van der Waals surface area contributed by atoms with Crippen LogP contribution in [0.1, 0.15) is 34.8 Å². The molecule has 8 nitrogen and oxygen atoms in total. The summed E-state index contributed by atoms with van der Waals surface area (Å²) in [7, 11) is 0. The zero-order valence-corrected chi connectivity index (χ0v) is 15.9. The van der Waals surface area contributed by atoms with Gasteiger partial charge in [0.1, 0.15) is 28.8 Å². The highest BCUT2D eigenvalue weighted by atomic mass is 32.1. The van der Waals surface area contributed by atoms with E-state index < -0.39 is 23.6 Å². The average Bonchev–Trinajstić information content (AvgIpc) is 3.04. The molecule has 0 saturated heterocycles. The van der Waals surface area contributed by atoms with E-state index in [0.29, 0.717) is 12.8 Å². The van der Waals surface area contributed by atoms with E-state index in [1.807, 2.05) is 0 Å². The first-order valence-electron chi connectivity index (χ1n) is 8.42. The number of amides is 3. The van der Waals surface area contributed by atoms with Crippen molar-refractivity contribution in [2.24, 2.45) is 5.73 Å². The Morgan fingerprint density at radius 2 is 1.96 bits per heavy atom. The Hall–Kier alpha value is -2.79. The molecule has 5 N–H and O–H groups in total. The van der Waals surface area contributed by atoms with Crippen LogP contribution in [0.25, 0.3) is 0 Å². The molecule has 0 atom stereocenters. The molecule has 2 aromatic rings. The number of benzene rings is 1. The molecule has 28 heavy (non-hydrogen) atoms. The van der Waals surface area contributed by atoms with Crippen molar-refractivity contribution in [1.82, 2.24) is 9.69 Å². The molecule has 0 radical (unpaired) electrons. The Morgan fingerprint density at radius 3 is 2.61 bits per heavy atom. The van der Waals surface area contributed by atoms with Gasteiger partial charge in [-0.25, -0.2) is 13.6 Å². The molecule has 0 aliphatic carbocycles. The van der Waals surface area contributed by atoms with E-state index in [9.17, 15) is 18.4 Å². The predicted octanol–water partition coefficient (Wildman–Crippen LogP) is 2.17. The maximum absolute atomic E-state index is 14.1. The van der Waals surface area contributed by atoms with Crippen LogP contribution in [0.15, 0.2) is 12.1 Å². The molecular formula is C17H20F2N4O4S. The fourth-order valence-corrected chi connectivity index (χ4v) is 3.00. The SMILES string of the molecule is CCc1cc(F)c(COc2nsc(NC(=O)NCCCO)c2C(N)=O)cc1F. The van der Waals surface area contributed by atoms with Crippen molar-refractivity contribution in [2.75, 3.05) is 18.5 Å². The second kappa shape index (κ2) is 9.95. The molecule has 11 heteroatoms. The summed E-state index contributed by atoms with van der Waals surface area (Å²) in [5.41, 5.74) is 5.35. The number of ether oxygens (including phenoxy) is 1.